The molecule has 0 radical (unpaired) electrons. The lowest BCUT2D eigenvalue weighted by Crippen LogP contribution is -2.12. The second-order valence-corrected chi connectivity index (χ2v) is 11.6. The largest absolute Gasteiger partial charge is 0.418 e. The summed E-state index contributed by atoms with van der Waals surface area (Å²) >= 11 is 20.3. The van der Waals surface area contributed by atoms with Gasteiger partial charge in [-0.3, -0.25) is 0 Å². The molecule has 2 heterocycles. The molecule has 0 spiro atoms. The van der Waals surface area contributed by atoms with Gasteiger partial charge in [0.1, 0.15) is 0 Å². The first kappa shape index (κ1) is 24.8. The Kier molecular flexibility index (Phi) is 6.48. The molecular formula is C28H23Cl3N4OS. The summed E-state index contributed by atoms with van der Waals surface area (Å²) < 4.78 is 8.30. The molecule has 4 aromatic rings. The Hall–Kier alpha value is -2.51. The van der Waals surface area contributed by atoms with Crippen molar-refractivity contribution in [2.45, 2.75) is 41.9 Å². The molecule has 0 aliphatic heterocycles. The van der Waals surface area contributed by atoms with Crippen molar-refractivity contribution >= 4 is 46.6 Å². The van der Waals surface area contributed by atoms with Gasteiger partial charge in [-0.05, 0) is 73.9 Å². The van der Waals surface area contributed by atoms with Crippen LogP contribution in [-0.2, 0) is 5.41 Å². The van der Waals surface area contributed by atoms with Crippen LogP contribution in [0.2, 0.25) is 10.0 Å². The highest BCUT2D eigenvalue weighted by Crippen LogP contribution is 2.55. The van der Waals surface area contributed by atoms with Gasteiger partial charge in [0.2, 0.25) is 5.89 Å². The Morgan fingerprint density at radius 2 is 1.81 bits per heavy atom. The van der Waals surface area contributed by atoms with E-state index >= 15 is 0 Å². The molecular weight excluding hydrogens is 547 g/mol. The topological polar surface area (TPSA) is 56.7 Å². The maximum Gasteiger partial charge on any atom is 0.269 e. The summed E-state index contributed by atoms with van der Waals surface area (Å²) in [6, 6.07) is 13.5. The number of thioether (sulfide) groups is 1. The van der Waals surface area contributed by atoms with Crippen molar-refractivity contribution in [1.82, 2.24) is 20.0 Å². The number of benzene rings is 2. The van der Waals surface area contributed by atoms with Crippen LogP contribution in [0.1, 0.15) is 30.7 Å². The standard InChI is InChI=1S/C28H23Cl3N4OS/c1-16-15-21(31)11-12-22(16)35-24(17-3-7-19(29)8-4-17)25(37-2)23(34-35)26-32-33-27(36-26)28(13-14-28)18-5-9-20(30)10-6-18/h3-9,11-12,15,20H,10,13-14H2,1-2H3. The molecule has 0 bridgehead atoms. The Labute approximate surface area is 234 Å². The first-order chi connectivity index (χ1) is 17.9. The fraction of sp³-hybridized carbons (Fsp3) is 0.250. The van der Waals surface area contributed by atoms with E-state index in [2.05, 4.69) is 22.3 Å². The number of alkyl halides is 1. The monoisotopic (exact) mass is 568 g/mol. The molecule has 2 aromatic carbocycles. The number of aryl methyl sites for hydroxylation is 1. The molecule has 2 aromatic heterocycles. The summed E-state index contributed by atoms with van der Waals surface area (Å²) in [4.78, 5) is 0.943. The van der Waals surface area contributed by atoms with Gasteiger partial charge in [0.15, 0.2) is 5.69 Å². The third kappa shape index (κ3) is 4.44. The van der Waals surface area contributed by atoms with Crippen molar-refractivity contribution in [2.24, 2.45) is 0 Å². The SMILES string of the molecule is CSc1c(-c2nnc(C3(C4=CCC(Cl)C=C4)CC3)o2)nn(-c2ccc(Cl)cc2C)c1-c1ccc(Cl)cc1. The van der Waals surface area contributed by atoms with E-state index in [-0.39, 0.29) is 10.8 Å². The molecule has 9 heteroatoms. The lowest BCUT2D eigenvalue weighted by molar-refractivity contribution is 0.468. The van der Waals surface area contributed by atoms with E-state index in [0.717, 1.165) is 46.7 Å². The zero-order valence-corrected chi connectivity index (χ0v) is 23.3. The first-order valence-corrected chi connectivity index (χ1v) is 14.4. The minimum absolute atomic E-state index is 0.0357. The van der Waals surface area contributed by atoms with Crippen LogP contribution in [0.15, 0.2) is 75.6 Å². The van der Waals surface area contributed by atoms with Gasteiger partial charge in [0.05, 0.1) is 27.1 Å². The van der Waals surface area contributed by atoms with Crippen molar-refractivity contribution in [3.8, 4) is 28.5 Å². The molecule has 37 heavy (non-hydrogen) atoms. The lowest BCUT2D eigenvalue weighted by Gasteiger charge is -2.16. The van der Waals surface area contributed by atoms with Gasteiger partial charge in [-0.25, -0.2) is 4.68 Å². The second kappa shape index (κ2) is 9.66. The molecule has 0 amide bonds. The van der Waals surface area contributed by atoms with Crippen LogP contribution in [0.5, 0.6) is 0 Å². The first-order valence-electron chi connectivity index (χ1n) is 12.0. The maximum atomic E-state index is 6.37. The third-order valence-electron chi connectivity index (χ3n) is 6.94. The summed E-state index contributed by atoms with van der Waals surface area (Å²) in [5, 5.41) is 15.4. The molecule has 2 aliphatic carbocycles. The normalized spacial score (nSPS) is 18.2. The van der Waals surface area contributed by atoms with Crippen LogP contribution in [0.3, 0.4) is 0 Å². The Morgan fingerprint density at radius 1 is 1.05 bits per heavy atom. The minimum atomic E-state index is -0.230. The minimum Gasteiger partial charge on any atom is -0.418 e. The van der Waals surface area contributed by atoms with Crippen molar-refractivity contribution < 1.29 is 4.42 Å². The van der Waals surface area contributed by atoms with E-state index in [4.69, 9.17) is 44.3 Å². The van der Waals surface area contributed by atoms with Crippen LogP contribution in [0.25, 0.3) is 28.5 Å². The van der Waals surface area contributed by atoms with Crippen molar-refractivity contribution in [2.75, 3.05) is 6.26 Å². The Morgan fingerprint density at radius 3 is 2.46 bits per heavy atom. The predicted octanol–water partition coefficient (Wildman–Crippen LogP) is 8.45. The molecule has 2 aliphatic rings. The van der Waals surface area contributed by atoms with Crippen molar-refractivity contribution in [1.29, 1.82) is 0 Å². The van der Waals surface area contributed by atoms with Gasteiger partial charge in [-0.2, -0.15) is 5.10 Å². The number of allylic oxidation sites excluding steroid dienone is 4. The molecule has 0 N–H and O–H groups in total. The third-order valence-corrected chi connectivity index (χ3v) is 8.54. The van der Waals surface area contributed by atoms with Gasteiger partial charge in [0, 0.05) is 15.6 Å². The van der Waals surface area contributed by atoms with Crippen LogP contribution < -0.4 is 0 Å². The van der Waals surface area contributed by atoms with Gasteiger partial charge >= 0.3 is 0 Å². The van der Waals surface area contributed by atoms with Gasteiger partial charge in [-0.15, -0.1) is 33.6 Å². The average molecular weight is 570 g/mol. The Balaban J connectivity index is 1.49. The number of hydrogen-bond acceptors (Lipinski definition) is 5. The van der Waals surface area contributed by atoms with Crippen molar-refractivity contribution in [3.63, 3.8) is 0 Å². The van der Waals surface area contributed by atoms with E-state index in [1.807, 2.05) is 66.4 Å². The van der Waals surface area contributed by atoms with Gasteiger partial charge in [-0.1, -0.05) is 53.6 Å². The van der Waals surface area contributed by atoms with E-state index < -0.39 is 0 Å². The molecule has 6 rings (SSSR count). The van der Waals surface area contributed by atoms with Crippen LogP contribution in [-0.4, -0.2) is 31.6 Å². The highest BCUT2D eigenvalue weighted by Gasteiger charge is 2.52. The van der Waals surface area contributed by atoms with E-state index in [9.17, 15) is 0 Å². The average Bonchev–Trinajstić information content (AvgIpc) is 3.38. The fourth-order valence-corrected chi connectivity index (χ4v) is 6.08. The van der Waals surface area contributed by atoms with Crippen LogP contribution in [0.4, 0.5) is 0 Å². The summed E-state index contributed by atoms with van der Waals surface area (Å²) in [5.41, 5.74) is 5.45. The highest BCUT2D eigenvalue weighted by molar-refractivity contribution is 7.98. The van der Waals surface area contributed by atoms with Crippen LogP contribution >= 0.6 is 46.6 Å². The summed E-state index contributed by atoms with van der Waals surface area (Å²) in [5.74, 6) is 1.03. The van der Waals surface area contributed by atoms with E-state index in [1.165, 1.54) is 5.57 Å². The highest BCUT2D eigenvalue weighted by atomic mass is 35.5. The lowest BCUT2D eigenvalue weighted by atomic mass is 9.91. The summed E-state index contributed by atoms with van der Waals surface area (Å²) in [6.45, 7) is 2.02. The molecule has 188 valence electrons. The predicted molar refractivity (Wildman–Crippen MR) is 151 cm³/mol. The number of nitrogens with zero attached hydrogens (tertiary/aromatic N) is 4. The Bertz CT molecular complexity index is 1550. The number of aromatic nitrogens is 4. The number of halogens is 3. The van der Waals surface area contributed by atoms with E-state index in [0.29, 0.717) is 27.5 Å². The molecule has 1 atom stereocenters. The quantitative estimate of drug-likeness (QED) is 0.172. The number of hydrogen-bond donors (Lipinski definition) is 0. The zero-order valence-electron chi connectivity index (χ0n) is 20.2. The molecule has 5 nitrogen and oxygen atoms in total. The summed E-state index contributed by atoms with van der Waals surface area (Å²) in [6.07, 6.45) is 11.1. The fourth-order valence-electron chi connectivity index (χ4n) is 4.84. The van der Waals surface area contributed by atoms with E-state index in [1.54, 1.807) is 11.8 Å². The molecule has 1 saturated carbocycles. The second-order valence-electron chi connectivity index (χ2n) is 9.34. The molecule has 1 fully saturated rings. The van der Waals surface area contributed by atoms with Gasteiger partial charge < -0.3 is 4.42 Å². The van der Waals surface area contributed by atoms with Crippen LogP contribution in [0, 0.1) is 6.92 Å². The zero-order chi connectivity index (χ0) is 25.7. The molecule has 1 unspecified atom stereocenters. The van der Waals surface area contributed by atoms with Gasteiger partial charge in [0.25, 0.3) is 5.89 Å². The smallest absolute Gasteiger partial charge is 0.269 e. The number of rotatable bonds is 6. The summed E-state index contributed by atoms with van der Waals surface area (Å²) in [7, 11) is 0. The van der Waals surface area contributed by atoms with Crippen molar-refractivity contribution in [3.05, 3.63) is 87.8 Å². The molecule has 0 saturated heterocycles. The maximum absolute atomic E-state index is 6.37.